The number of para-hydroxylation sites is 1. The first-order chi connectivity index (χ1) is 15.5. The Bertz CT molecular complexity index is 1390. The summed E-state index contributed by atoms with van der Waals surface area (Å²) in [5, 5.41) is 0.557. The maximum atomic E-state index is 13.0. The molecule has 0 saturated carbocycles. The van der Waals surface area contributed by atoms with Gasteiger partial charge in [0.05, 0.1) is 16.6 Å². The minimum absolute atomic E-state index is 0.116. The molecule has 7 heteroatoms. The van der Waals surface area contributed by atoms with Crippen LogP contribution < -0.4 is 15.0 Å². The maximum absolute atomic E-state index is 13.0. The fourth-order valence-electron chi connectivity index (χ4n) is 3.91. The van der Waals surface area contributed by atoms with E-state index in [9.17, 15) is 9.59 Å². The first-order valence-electron chi connectivity index (χ1n) is 10.2. The van der Waals surface area contributed by atoms with Crippen LogP contribution in [0.3, 0.4) is 0 Å². The Morgan fingerprint density at radius 3 is 2.59 bits per heavy atom. The smallest absolute Gasteiger partial charge is 0.265 e. The highest BCUT2D eigenvalue weighted by Gasteiger charge is 2.17. The number of nitrogens with zero attached hydrogens (tertiary/aromatic N) is 3. The second-order valence-electron chi connectivity index (χ2n) is 7.71. The van der Waals surface area contributed by atoms with Gasteiger partial charge >= 0.3 is 0 Å². The van der Waals surface area contributed by atoms with Crippen LogP contribution in [-0.4, -0.2) is 34.2 Å². The summed E-state index contributed by atoms with van der Waals surface area (Å²) >= 11 is 0. The van der Waals surface area contributed by atoms with Gasteiger partial charge in [0.25, 0.3) is 11.5 Å². The lowest BCUT2D eigenvalue weighted by Gasteiger charge is -2.18. The number of amides is 1. The molecule has 0 saturated heterocycles. The van der Waals surface area contributed by atoms with Gasteiger partial charge in [0.2, 0.25) is 6.79 Å². The van der Waals surface area contributed by atoms with E-state index in [4.69, 9.17) is 9.47 Å². The molecule has 160 valence electrons. The molecule has 0 radical (unpaired) electrons. The fourth-order valence-corrected chi connectivity index (χ4v) is 3.91. The van der Waals surface area contributed by atoms with E-state index in [1.165, 1.54) is 0 Å². The average molecular weight is 427 g/mol. The Morgan fingerprint density at radius 2 is 1.78 bits per heavy atom. The van der Waals surface area contributed by atoms with E-state index in [-0.39, 0.29) is 18.3 Å². The average Bonchev–Trinajstić information content (AvgIpc) is 3.27. The van der Waals surface area contributed by atoms with Gasteiger partial charge in [-0.2, -0.15) is 0 Å². The Balaban J connectivity index is 1.38. The number of hydrogen-bond donors (Lipinski definition) is 0. The first-order valence-corrected chi connectivity index (χ1v) is 10.2. The molecular weight excluding hydrogens is 406 g/mol. The number of hydrogen-bond acceptors (Lipinski definition) is 5. The summed E-state index contributed by atoms with van der Waals surface area (Å²) in [7, 11) is 1.75. The molecule has 0 aliphatic carbocycles. The molecule has 1 amide bonds. The monoisotopic (exact) mass is 427 g/mol. The van der Waals surface area contributed by atoms with Crippen molar-refractivity contribution in [2.75, 3.05) is 13.8 Å². The number of aromatic nitrogens is 2. The van der Waals surface area contributed by atoms with Gasteiger partial charge in [0.1, 0.15) is 5.82 Å². The van der Waals surface area contributed by atoms with E-state index in [2.05, 4.69) is 4.98 Å². The second kappa shape index (κ2) is 7.85. The van der Waals surface area contributed by atoms with E-state index in [1.54, 1.807) is 53.8 Å². The predicted molar refractivity (Wildman–Crippen MR) is 120 cm³/mol. The zero-order valence-electron chi connectivity index (χ0n) is 17.7. The molecule has 0 atom stereocenters. The molecule has 7 nitrogen and oxygen atoms in total. The number of fused-ring (bicyclic) bond motifs is 2. The molecule has 1 aliphatic heterocycles. The van der Waals surface area contributed by atoms with Crippen molar-refractivity contribution in [3.63, 3.8) is 0 Å². The van der Waals surface area contributed by atoms with Crippen molar-refractivity contribution >= 4 is 16.8 Å². The molecule has 1 aromatic heterocycles. The van der Waals surface area contributed by atoms with Crippen molar-refractivity contribution in [2.45, 2.75) is 13.5 Å². The van der Waals surface area contributed by atoms with Crippen molar-refractivity contribution in [3.05, 3.63) is 94.0 Å². The van der Waals surface area contributed by atoms with Gasteiger partial charge in [0, 0.05) is 19.2 Å². The van der Waals surface area contributed by atoms with Crippen LogP contribution in [0.15, 0.2) is 71.5 Å². The van der Waals surface area contributed by atoms with Gasteiger partial charge in [-0.15, -0.1) is 0 Å². The lowest BCUT2D eigenvalue weighted by molar-refractivity contribution is 0.0785. The number of carbonyl (C=O) groups excluding carboxylic acids is 1. The summed E-state index contributed by atoms with van der Waals surface area (Å²) < 4.78 is 12.3. The van der Waals surface area contributed by atoms with E-state index in [0.717, 1.165) is 5.56 Å². The lowest BCUT2D eigenvalue weighted by atomic mass is 10.1. The molecule has 4 aromatic rings. The molecule has 0 bridgehead atoms. The highest BCUT2D eigenvalue weighted by atomic mass is 16.7. The summed E-state index contributed by atoms with van der Waals surface area (Å²) in [6.07, 6.45) is 0. The number of aryl methyl sites for hydroxylation is 1. The third-order valence-corrected chi connectivity index (χ3v) is 5.52. The largest absolute Gasteiger partial charge is 0.454 e. The summed E-state index contributed by atoms with van der Waals surface area (Å²) in [6.45, 7) is 2.45. The van der Waals surface area contributed by atoms with E-state index in [0.29, 0.717) is 46.0 Å². The van der Waals surface area contributed by atoms with Gasteiger partial charge in [-0.25, -0.2) is 4.98 Å². The summed E-state index contributed by atoms with van der Waals surface area (Å²) in [5.74, 6) is 1.88. The van der Waals surface area contributed by atoms with Crippen LogP contribution in [0.2, 0.25) is 0 Å². The molecule has 1 aliphatic rings. The Labute approximate surface area is 184 Å². The molecule has 0 N–H and O–H groups in total. The van der Waals surface area contributed by atoms with Crippen LogP contribution in [0.1, 0.15) is 21.7 Å². The minimum Gasteiger partial charge on any atom is -0.454 e. The van der Waals surface area contributed by atoms with Crippen LogP contribution >= 0.6 is 0 Å². The highest BCUT2D eigenvalue weighted by molar-refractivity contribution is 5.94. The molecule has 32 heavy (non-hydrogen) atoms. The van der Waals surface area contributed by atoms with Gasteiger partial charge in [-0.1, -0.05) is 18.2 Å². The number of benzene rings is 3. The Hall–Kier alpha value is -4.13. The van der Waals surface area contributed by atoms with Gasteiger partial charge in [-0.05, 0) is 61.0 Å². The molecule has 3 aromatic carbocycles. The predicted octanol–water partition coefficient (Wildman–Crippen LogP) is 3.70. The van der Waals surface area contributed by atoms with Crippen LogP contribution in [-0.2, 0) is 6.54 Å². The third-order valence-electron chi connectivity index (χ3n) is 5.52. The Kier molecular flexibility index (Phi) is 4.86. The summed E-state index contributed by atoms with van der Waals surface area (Å²) in [5.41, 5.74) is 2.69. The topological polar surface area (TPSA) is 73.7 Å². The number of carbonyl (C=O) groups is 1. The summed E-state index contributed by atoms with van der Waals surface area (Å²) in [6, 6.07) is 19.9. The zero-order valence-corrected chi connectivity index (χ0v) is 17.7. The number of rotatable bonds is 4. The maximum Gasteiger partial charge on any atom is 0.265 e. The van der Waals surface area contributed by atoms with Crippen LogP contribution in [0.5, 0.6) is 11.5 Å². The lowest BCUT2D eigenvalue weighted by Crippen LogP contribution is -2.26. The molecule has 2 heterocycles. The Morgan fingerprint density at radius 1 is 1.03 bits per heavy atom. The normalized spacial score (nSPS) is 12.2. The summed E-state index contributed by atoms with van der Waals surface area (Å²) in [4.78, 5) is 32.1. The number of ether oxygens (including phenoxy) is 2. The SMILES string of the molecule is Cc1nc2ccccc2c(=O)n1-c1ccc(C(=O)N(C)Cc2ccc3c(c2)OCO3)cc1. The first kappa shape index (κ1) is 19.8. The highest BCUT2D eigenvalue weighted by Crippen LogP contribution is 2.32. The fraction of sp³-hybridized carbons (Fsp3) is 0.160. The molecule has 0 unspecified atom stereocenters. The quantitative estimate of drug-likeness (QED) is 0.497. The van der Waals surface area contributed by atoms with E-state index >= 15 is 0 Å². The molecular formula is C25H21N3O4. The van der Waals surface area contributed by atoms with Crippen LogP contribution in [0, 0.1) is 6.92 Å². The van der Waals surface area contributed by atoms with Crippen molar-refractivity contribution < 1.29 is 14.3 Å². The molecule has 5 rings (SSSR count). The van der Waals surface area contributed by atoms with Crippen LogP contribution in [0.25, 0.3) is 16.6 Å². The molecule has 0 fully saturated rings. The second-order valence-corrected chi connectivity index (χ2v) is 7.71. The zero-order chi connectivity index (χ0) is 22.2. The minimum atomic E-state index is -0.132. The van der Waals surface area contributed by atoms with E-state index < -0.39 is 0 Å². The van der Waals surface area contributed by atoms with Crippen molar-refractivity contribution in [1.82, 2.24) is 14.5 Å². The third kappa shape index (κ3) is 3.47. The van der Waals surface area contributed by atoms with Crippen molar-refractivity contribution in [3.8, 4) is 17.2 Å². The van der Waals surface area contributed by atoms with Gasteiger partial charge in [0.15, 0.2) is 11.5 Å². The van der Waals surface area contributed by atoms with Crippen LogP contribution in [0.4, 0.5) is 0 Å². The van der Waals surface area contributed by atoms with Gasteiger partial charge in [-0.3, -0.25) is 14.2 Å². The molecule has 0 spiro atoms. The standard InChI is InChI=1S/C25H21N3O4/c1-16-26-21-6-4-3-5-20(21)25(30)28(16)19-10-8-18(9-11-19)24(29)27(2)14-17-7-12-22-23(13-17)32-15-31-22/h3-13H,14-15H2,1-2H3. The van der Waals surface area contributed by atoms with Crippen molar-refractivity contribution in [1.29, 1.82) is 0 Å². The van der Waals surface area contributed by atoms with Gasteiger partial charge < -0.3 is 14.4 Å². The van der Waals surface area contributed by atoms with Crippen molar-refractivity contribution in [2.24, 2.45) is 0 Å². The van der Waals surface area contributed by atoms with E-state index in [1.807, 2.05) is 36.4 Å².